The summed E-state index contributed by atoms with van der Waals surface area (Å²) in [6.45, 7) is 1.60. The van der Waals surface area contributed by atoms with Gasteiger partial charge < -0.3 is 4.79 Å². The topological polar surface area (TPSA) is 34.1 Å². The molecule has 3 heteroatoms. The van der Waals surface area contributed by atoms with Crippen LogP contribution in [0.5, 0.6) is 0 Å². The van der Waals surface area contributed by atoms with Gasteiger partial charge in [-0.05, 0) is 26.2 Å². The van der Waals surface area contributed by atoms with E-state index >= 15 is 0 Å². The first-order chi connectivity index (χ1) is 6.70. The third-order valence-electron chi connectivity index (χ3n) is 2.80. The Morgan fingerprint density at radius 3 is 2.50 bits per heavy atom. The molecule has 0 bridgehead atoms. The SMILES string of the molecule is CC(=O)CCCS(=O)C1CCCCC1. The van der Waals surface area contributed by atoms with Crippen LogP contribution in [0, 0.1) is 0 Å². The van der Waals surface area contributed by atoms with Gasteiger partial charge in [-0.1, -0.05) is 19.3 Å². The van der Waals surface area contributed by atoms with E-state index in [2.05, 4.69) is 0 Å². The van der Waals surface area contributed by atoms with Gasteiger partial charge in [0.1, 0.15) is 5.78 Å². The fourth-order valence-electron chi connectivity index (χ4n) is 1.96. The molecular weight excluding hydrogens is 196 g/mol. The predicted octanol–water partition coefficient (Wildman–Crippen LogP) is 2.44. The quantitative estimate of drug-likeness (QED) is 0.707. The van der Waals surface area contributed by atoms with Crippen molar-refractivity contribution in [2.75, 3.05) is 5.75 Å². The van der Waals surface area contributed by atoms with Gasteiger partial charge in [0, 0.05) is 28.2 Å². The maximum atomic E-state index is 11.8. The van der Waals surface area contributed by atoms with E-state index in [0.717, 1.165) is 25.0 Å². The molecule has 0 amide bonds. The van der Waals surface area contributed by atoms with Crippen molar-refractivity contribution in [3.63, 3.8) is 0 Å². The normalized spacial score (nSPS) is 20.6. The largest absolute Gasteiger partial charge is 0.300 e. The van der Waals surface area contributed by atoms with Crippen molar-refractivity contribution >= 4 is 16.6 Å². The average Bonchev–Trinajstić information content (AvgIpc) is 2.18. The van der Waals surface area contributed by atoms with E-state index < -0.39 is 10.8 Å². The van der Waals surface area contributed by atoms with E-state index in [1.54, 1.807) is 6.92 Å². The summed E-state index contributed by atoms with van der Waals surface area (Å²) in [5.41, 5.74) is 0. The minimum absolute atomic E-state index is 0.214. The van der Waals surface area contributed by atoms with Crippen LogP contribution in [0.1, 0.15) is 51.9 Å². The van der Waals surface area contributed by atoms with Crippen molar-refractivity contribution in [3.8, 4) is 0 Å². The molecule has 0 N–H and O–H groups in total. The molecule has 0 aromatic carbocycles. The van der Waals surface area contributed by atoms with Crippen molar-refractivity contribution in [3.05, 3.63) is 0 Å². The molecular formula is C11H20O2S. The number of carbonyl (C=O) groups excluding carboxylic acids is 1. The van der Waals surface area contributed by atoms with E-state index in [0.29, 0.717) is 11.7 Å². The van der Waals surface area contributed by atoms with Crippen LogP contribution in [-0.4, -0.2) is 21.0 Å². The molecule has 1 aliphatic rings. The molecule has 1 saturated carbocycles. The van der Waals surface area contributed by atoms with Gasteiger partial charge in [-0.15, -0.1) is 0 Å². The first kappa shape index (κ1) is 11.9. The van der Waals surface area contributed by atoms with Crippen LogP contribution >= 0.6 is 0 Å². The highest BCUT2D eigenvalue weighted by Crippen LogP contribution is 2.22. The molecule has 0 saturated heterocycles. The second-order valence-corrected chi connectivity index (χ2v) is 5.99. The maximum absolute atomic E-state index is 11.8. The zero-order valence-corrected chi connectivity index (χ0v) is 9.78. The summed E-state index contributed by atoms with van der Waals surface area (Å²) >= 11 is 0. The molecule has 82 valence electrons. The summed E-state index contributed by atoms with van der Waals surface area (Å²) in [7, 11) is -0.675. The van der Waals surface area contributed by atoms with Crippen LogP contribution in [-0.2, 0) is 15.6 Å². The highest BCUT2D eigenvalue weighted by molar-refractivity contribution is 7.85. The van der Waals surface area contributed by atoms with Crippen LogP contribution < -0.4 is 0 Å². The van der Waals surface area contributed by atoms with E-state index in [4.69, 9.17) is 0 Å². The summed E-state index contributed by atoms with van der Waals surface area (Å²) in [5, 5.41) is 0.427. The average molecular weight is 216 g/mol. The van der Waals surface area contributed by atoms with Gasteiger partial charge >= 0.3 is 0 Å². The number of rotatable bonds is 5. The molecule has 14 heavy (non-hydrogen) atoms. The van der Waals surface area contributed by atoms with Gasteiger partial charge in [0.25, 0.3) is 0 Å². The van der Waals surface area contributed by atoms with Gasteiger partial charge in [0.05, 0.1) is 0 Å². The first-order valence-electron chi connectivity index (χ1n) is 5.57. The Morgan fingerprint density at radius 2 is 1.93 bits per heavy atom. The molecule has 0 spiro atoms. The number of hydrogen-bond acceptors (Lipinski definition) is 2. The molecule has 0 aromatic rings. The minimum atomic E-state index is -0.675. The highest BCUT2D eigenvalue weighted by atomic mass is 32.2. The van der Waals surface area contributed by atoms with Crippen LogP contribution in [0.15, 0.2) is 0 Å². The number of hydrogen-bond donors (Lipinski definition) is 0. The van der Waals surface area contributed by atoms with Gasteiger partial charge in [0.2, 0.25) is 0 Å². The first-order valence-corrected chi connectivity index (χ1v) is 6.95. The van der Waals surface area contributed by atoms with Crippen LogP contribution in [0.2, 0.25) is 0 Å². The Hall–Kier alpha value is -0.180. The Labute approximate surface area is 88.9 Å². The fraction of sp³-hybridized carbons (Fsp3) is 0.909. The molecule has 0 aromatic heterocycles. The third-order valence-corrected chi connectivity index (χ3v) is 4.70. The Morgan fingerprint density at radius 1 is 1.29 bits per heavy atom. The second kappa shape index (κ2) is 6.33. The molecule has 2 nitrogen and oxygen atoms in total. The van der Waals surface area contributed by atoms with Crippen molar-refractivity contribution < 1.29 is 9.00 Å². The van der Waals surface area contributed by atoms with Crippen LogP contribution in [0.25, 0.3) is 0 Å². The lowest BCUT2D eigenvalue weighted by atomic mass is 10.0. The molecule has 1 rings (SSSR count). The molecule has 0 heterocycles. The summed E-state index contributed by atoms with van der Waals surface area (Å²) in [6.07, 6.45) is 7.45. The second-order valence-electron chi connectivity index (χ2n) is 4.15. The molecule has 0 radical (unpaired) electrons. The summed E-state index contributed by atoms with van der Waals surface area (Å²) in [4.78, 5) is 10.7. The smallest absolute Gasteiger partial charge is 0.129 e. The predicted molar refractivity (Wildman–Crippen MR) is 59.8 cm³/mol. The van der Waals surface area contributed by atoms with Gasteiger partial charge in [0.15, 0.2) is 0 Å². The van der Waals surface area contributed by atoms with Crippen molar-refractivity contribution in [1.29, 1.82) is 0 Å². The summed E-state index contributed by atoms with van der Waals surface area (Å²) < 4.78 is 11.8. The minimum Gasteiger partial charge on any atom is -0.300 e. The third kappa shape index (κ3) is 4.36. The Kier molecular flexibility index (Phi) is 5.38. The van der Waals surface area contributed by atoms with Crippen molar-refractivity contribution in [2.24, 2.45) is 0 Å². The molecule has 0 aliphatic heterocycles. The van der Waals surface area contributed by atoms with Crippen molar-refractivity contribution in [2.45, 2.75) is 57.1 Å². The number of ketones is 1. The standard InChI is InChI=1S/C11H20O2S/c1-10(12)6-5-9-14(13)11-7-3-2-4-8-11/h11H,2-9H2,1H3. The van der Waals surface area contributed by atoms with Crippen LogP contribution in [0.4, 0.5) is 0 Å². The molecule has 1 unspecified atom stereocenters. The Balaban J connectivity index is 2.16. The molecule has 1 atom stereocenters. The Bertz CT molecular complexity index is 207. The summed E-state index contributed by atoms with van der Waals surface area (Å²) in [6, 6.07) is 0. The van der Waals surface area contributed by atoms with Gasteiger partial charge in [-0.25, -0.2) is 0 Å². The van der Waals surface area contributed by atoms with E-state index in [9.17, 15) is 9.00 Å². The van der Waals surface area contributed by atoms with Gasteiger partial charge in [-0.2, -0.15) is 0 Å². The number of carbonyl (C=O) groups is 1. The van der Waals surface area contributed by atoms with Gasteiger partial charge in [-0.3, -0.25) is 4.21 Å². The van der Waals surface area contributed by atoms with E-state index in [-0.39, 0.29) is 5.78 Å². The van der Waals surface area contributed by atoms with Crippen LogP contribution in [0.3, 0.4) is 0 Å². The highest BCUT2D eigenvalue weighted by Gasteiger charge is 2.19. The zero-order chi connectivity index (χ0) is 10.4. The lowest BCUT2D eigenvalue weighted by molar-refractivity contribution is -0.117. The maximum Gasteiger partial charge on any atom is 0.129 e. The van der Waals surface area contributed by atoms with E-state index in [1.807, 2.05) is 0 Å². The van der Waals surface area contributed by atoms with E-state index in [1.165, 1.54) is 19.3 Å². The lowest BCUT2D eigenvalue weighted by Gasteiger charge is -2.20. The fourth-order valence-corrected chi connectivity index (χ4v) is 3.58. The lowest BCUT2D eigenvalue weighted by Crippen LogP contribution is -2.20. The molecule has 1 aliphatic carbocycles. The monoisotopic (exact) mass is 216 g/mol. The number of Topliss-reactive ketones (excluding diaryl/α,β-unsaturated/α-hetero) is 1. The van der Waals surface area contributed by atoms with Crippen molar-refractivity contribution in [1.82, 2.24) is 0 Å². The summed E-state index contributed by atoms with van der Waals surface area (Å²) in [5.74, 6) is 0.940. The zero-order valence-electron chi connectivity index (χ0n) is 8.96. The molecule has 1 fully saturated rings.